The Balaban J connectivity index is 2.51. The summed E-state index contributed by atoms with van der Waals surface area (Å²) in [7, 11) is 0. The molecular formula is C16H26N4O7. The quantitative estimate of drug-likeness (QED) is 0.326. The van der Waals surface area contributed by atoms with Gasteiger partial charge in [-0.15, -0.1) is 0 Å². The van der Waals surface area contributed by atoms with Crippen molar-refractivity contribution in [3.63, 3.8) is 0 Å². The molecule has 4 amide bonds. The summed E-state index contributed by atoms with van der Waals surface area (Å²) in [6.45, 7) is 6.57. The first kappa shape index (κ1) is 22.2. The number of esters is 2. The average Bonchev–Trinajstić information content (AvgIpc) is 3.05. The summed E-state index contributed by atoms with van der Waals surface area (Å²) in [5.41, 5.74) is 3.39. The number of amides is 4. The van der Waals surface area contributed by atoms with E-state index in [4.69, 9.17) is 4.74 Å². The summed E-state index contributed by atoms with van der Waals surface area (Å²) in [5.74, 6) is -3.23. The van der Waals surface area contributed by atoms with Crippen molar-refractivity contribution < 1.29 is 33.4 Å². The Labute approximate surface area is 157 Å². The van der Waals surface area contributed by atoms with E-state index in [9.17, 15) is 24.0 Å². The molecule has 1 atom stereocenters. The number of rotatable bonds is 4. The van der Waals surface area contributed by atoms with E-state index in [0.717, 1.165) is 4.90 Å². The van der Waals surface area contributed by atoms with Gasteiger partial charge in [-0.05, 0) is 40.5 Å². The maximum absolute atomic E-state index is 12.2. The van der Waals surface area contributed by atoms with Crippen LogP contribution in [0.1, 0.15) is 40.5 Å². The number of hydrogen-bond acceptors (Lipinski definition) is 7. The zero-order valence-corrected chi connectivity index (χ0v) is 15.9. The lowest BCUT2D eigenvalue weighted by molar-refractivity contribution is -0.168. The van der Waals surface area contributed by atoms with Crippen LogP contribution in [0.25, 0.3) is 0 Å². The fraction of sp³-hybridized carbons (Fsp3) is 0.688. The van der Waals surface area contributed by atoms with Crippen molar-refractivity contribution in [3.05, 3.63) is 0 Å². The van der Waals surface area contributed by atoms with Crippen LogP contribution >= 0.6 is 0 Å². The van der Waals surface area contributed by atoms with E-state index in [2.05, 4.69) is 20.9 Å². The molecule has 0 aromatic rings. The largest absolute Gasteiger partial charge is 0.465 e. The zero-order chi connectivity index (χ0) is 20.6. The van der Waals surface area contributed by atoms with Gasteiger partial charge in [-0.25, -0.2) is 15.0 Å². The van der Waals surface area contributed by atoms with Crippen LogP contribution in [0.2, 0.25) is 0 Å². The Bertz CT molecular complexity index is 600. The molecule has 1 aliphatic heterocycles. The lowest BCUT2D eigenvalue weighted by Gasteiger charge is -2.25. The molecule has 1 aliphatic rings. The van der Waals surface area contributed by atoms with Gasteiger partial charge < -0.3 is 19.7 Å². The standard InChI is InChI=1S/C16H26N4O7/c1-5-26-11(21)9-17-15(25)19-18-12(22)10-7-6-8-20(10)13(23)14(24)27-16(2,3)4/h10H,5-9H2,1-4H3,(H,18,22)(H2,17,19,25). The van der Waals surface area contributed by atoms with E-state index < -0.39 is 41.4 Å². The van der Waals surface area contributed by atoms with Crippen molar-refractivity contribution in [2.75, 3.05) is 19.7 Å². The lowest BCUT2D eigenvalue weighted by Crippen LogP contribution is -2.55. The summed E-state index contributed by atoms with van der Waals surface area (Å²) < 4.78 is 9.67. The number of carbonyl (C=O) groups excluding carboxylic acids is 5. The van der Waals surface area contributed by atoms with Crippen LogP contribution in [0.4, 0.5) is 4.79 Å². The summed E-state index contributed by atoms with van der Waals surface area (Å²) in [6, 6.07) is -1.73. The van der Waals surface area contributed by atoms with Crippen LogP contribution in [0.15, 0.2) is 0 Å². The number of hydrogen-bond donors (Lipinski definition) is 3. The highest BCUT2D eigenvalue weighted by molar-refractivity contribution is 6.33. The molecule has 27 heavy (non-hydrogen) atoms. The van der Waals surface area contributed by atoms with E-state index in [1.807, 2.05) is 0 Å². The molecule has 152 valence electrons. The monoisotopic (exact) mass is 386 g/mol. The highest BCUT2D eigenvalue weighted by atomic mass is 16.6. The maximum atomic E-state index is 12.2. The van der Waals surface area contributed by atoms with Crippen LogP contribution in [0.3, 0.4) is 0 Å². The number of hydrazine groups is 1. The highest BCUT2D eigenvalue weighted by Crippen LogP contribution is 2.19. The number of urea groups is 1. The lowest BCUT2D eigenvalue weighted by atomic mass is 10.2. The van der Waals surface area contributed by atoms with Crippen LogP contribution in [0, 0.1) is 0 Å². The molecule has 0 aliphatic carbocycles. The van der Waals surface area contributed by atoms with Gasteiger partial charge in [0.15, 0.2) is 0 Å². The van der Waals surface area contributed by atoms with E-state index >= 15 is 0 Å². The van der Waals surface area contributed by atoms with E-state index in [0.29, 0.717) is 12.8 Å². The number of ether oxygens (including phenoxy) is 2. The minimum absolute atomic E-state index is 0.183. The molecule has 0 bridgehead atoms. The van der Waals surface area contributed by atoms with Gasteiger partial charge in [0, 0.05) is 6.54 Å². The van der Waals surface area contributed by atoms with Crippen LogP contribution < -0.4 is 16.2 Å². The molecule has 3 N–H and O–H groups in total. The fourth-order valence-corrected chi connectivity index (χ4v) is 2.33. The summed E-state index contributed by atoms with van der Waals surface area (Å²) in [5, 5.41) is 2.20. The Hall–Kier alpha value is -2.85. The van der Waals surface area contributed by atoms with Crippen molar-refractivity contribution in [1.29, 1.82) is 0 Å². The molecule has 1 saturated heterocycles. The minimum atomic E-state index is -1.04. The summed E-state index contributed by atoms with van der Waals surface area (Å²) in [4.78, 5) is 60.2. The molecule has 11 heteroatoms. The van der Waals surface area contributed by atoms with Crippen LogP contribution in [-0.2, 0) is 28.7 Å². The molecule has 0 aromatic heterocycles. The fourth-order valence-electron chi connectivity index (χ4n) is 2.33. The molecule has 1 unspecified atom stereocenters. The third-order valence-electron chi connectivity index (χ3n) is 3.39. The van der Waals surface area contributed by atoms with Gasteiger partial charge in [0.1, 0.15) is 18.2 Å². The van der Waals surface area contributed by atoms with Gasteiger partial charge in [0.2, 0.25) is 0 Å². The normalized spacial score (nSPS) is 16.3. The number of likely N-dealkylation sites (tertiary alicyclic amines) is 1. The molecule has 1 rings (SSSR count). The topological polar surface area (TPSA) is 143 Å². The average molecular weight is 386 g/mol. The van der Waals surface area contributed by atoms with E-state index in [1.165, 1.54) is 0 Å². The van der Waals surface area contributed by atoms with Gasteiger partial charge in [-0.2, -0.15) is 0 Å². The van der Waals surface area contributed by atoms with Crippen LogP contribution in [-0.4, -0.2) is 66.0 Å². The zero-order valence-electron chi connectivity index (χ0n) is 15.9. The second kappa shape index (κ2) is 9.74. The molecule has 1 heterocycles. The van der Waals surface area contributed by atoms with Crippen molar-refractivity contribution in [3.8, 4) is 0 Å². The predicted octanol–water partition coefficient (Wildman–Crippen LogP) is -0.787. The molecule has 11 nitrogen and oxygen atoms in total. The first-order valence-corrected chi connectivity index (χ1v) is 8.58. The Morgan fingerprint density at radius 1 is 1.11 bits per heavy atom. The van der Waals surface area contributed by atoms with Crippen molar-refractivity contribution >= 4 is 29.8 Å². The third-order valence-corrected chi connectivity index (χ3v) is 3.39. The third kappa shape index (κ3) is 7.50. The second-order valence-electron chi connectivity index (χ2n) is 6.76. The van der Waals surface area contributed by atoms with Crippen molar-refractivity contribution in [2.24, 2.45) is 0 Å². The van der Waals surface area contributed by atoms with Gasteiger partial charge in [0.05, 0.1) is 6.61 Å². The molecule has 0 spiro atoms. The minimum Gasteiger partial charge on any atom is -0.465 e. The summed E-state index contributed by atoms with van der Waals surface area (Å²) in [6.07, 6.45) is 0.869. The molecular weight excluding hydrogens is 360 g/mol. The van der Waals surface area contributed by atoms with Gasteiger partial charge in [0.25, 0.3) is 5.91 Å². The second-order valence-corrected chi connectivity index (χ2v) is 6.76. The number of nitrogens with one attached hydrogen (secondary N) is 3. The number of carbonyl (C=O) groups is 5. The Morgan fingerprint density at radius 3 is 2.37 bits per heavy atom. The molecule has 1 fully saturated rings. The predicted molar refractivity (Wildman–Crippen MR) is 91.9 cm³/mol. The van der Waals surface area contributed by atoms with Crippen molar-refractivity contribution in [1.82, 2.24) is 21.1 Å². The molecule has 0 saturated carbocycles. The molecule has 0 aromatic carbocycles. The van der Waals surface area contributed by atoms with Crippen molar-refractivity contribution in [2.45, 2.75) is 52.2 Å². The first-order chi connectivity index (χ1) is 12.5. The Kier molecular flexibility index (Phi) is 8.00. The molecule has 0 radical (unpaired) electrons. The highest BCUT2D eigenvalue weighted by Gasteiger charge is 2.38. The maximum Gasteiger partial charge on any atom is 0.397 e. The smallest absolute Gasteiger partial charge is 0.397 e. The number of nitrogens with zero attached hydrogens (tertiary/aromatic N) is 1. The summed E-state index contributed by atoms with van der Waals surface area (Å²) >= 11 is 0. The van der Waals surface area contributed by atoms with Crippen LogP contribution in [0.5, 0.6) is 0 Å². The van der Waals surface area contributed by atoms with Gasteiger partial charge >= 0.3 is 23.9 Å². The van der Waals surface area contributed by atoms with Gasteiger partial charge in [-0.3, -0.25) is 19.8 Å². The SMILES string of the molecule is CCOC(=O)CNC(=O)NNC(=O)C1CCCN1C(=O)C(=O)OC(C)(C)C. The Morgan fingerprint density at radius 2 is 1.78 bits per heavy atom. The first-order valence-electron chi connectivity index (χ1n) is 8.58. The van der Waals surface area contributed by atoms with E-state index in [-0.39, 0.29) is 19.7 Å². The van der Waals surface area contributed by atoms with Gasteiger partial charge in [-0.1, -0.05) is 0 Å². The van der Waals surface area contributed by atoms with E-state index in [1.54, 1.807) is 27.7 Å².